The fourth-order valence-electron chi connectivity index (χ4n) is 2.95. The molecular weight excluding hydrogens is 356 g/mol. The summed E-state index contributed by atoms with van der Waals surface area (Å²) in [6.45, 7) is 0.781. The Hall–Kier alpha value is -1.97. The van der Waals surface area contributed by atoms with Crippen molar-refractivity contribution in [3.8, 4) is 0 Å². The zero-order valence-electron chi connectivity index (χ0n) is 15.6. The lowest BCUT2D eigenvalue weighted by molar-refractivity contribution is -0.123. The Bertz CT molecular complexity index is 763. The maximum atomic E-state index is 12.8. The number of carbonyl (C=O) groups is 2. The Kier molecular flexibility index (Phi) is 6.38. The van der Waals surface area contributed by atoms with E-state index in [0.717, 1.165) is 22.7 Å². The number of likely N-dealkylation sites (N-methyl/N-ethyl adjacent to an activating group) is 3. The fourth-order valence-corrected chi connectivity index (χ4v) is 3.61. The maximum Gasteiger partial charge on any atom is 0.245 e. The van der Waals surface area contributed by atoms with Gasteiger partial charge in [-0.3, -0.25) is 9.59 Å². The topological polar surface area (TPSA) is 90.0 Å². The number of anilines is 2. The van der Waals surface area contributed by atoms with E-state index in [1.165, 1.54) is 7.05 Å². The number of piperidine rings is 1. The minimum atomic E-state index is -3.44. The molecular formula is C17H26N4O4S. The van der Waals surface area contributed by atoms with E-state index in [2.05, 4.69) is 5.32 Å². The largest absolute Gasteiger partial charge is 0.314 e. The van der Waals surface area contributed by atoms with Gasteiger partial charge in [0.05, 0.1) is 12.8 Å². The minimum Gasteiger partial charge on any atom is -0.314 e. The highest BCUT2D eigenvalue weighted by molar-refractivity contribution is 7.88. The molecule has 144 valence electrons. The minimum absolute atomic E-state index is 0.0656. The number of hydrogen-bond acceptors (Lipinski definition) is 5. The molecule has 8 nitrogen and oxygen atoms in total. The van der Waals surface area contributed by atoms with Crippen LogP contribution in [0.1, 0.15) is 12.8 Å². The molecule has 0 spiro atoms. The van der Waals surface area contributed by atoms with Crippen molar-refractivity contribution >= 4 is 33.2 Å². The van der Waals surface area contributed by atoms with Crippen molar-refractivity contribution in [1.29, 1.82) is 0 Å². The van der Waals surface area contributed by atoms with Gasteiger partial charge in [0, 0.05) is 32.0 Å². The van der Waals surface area contributed by atoms with Crippen LogP contribution in [0.15, 0.2) is 24.3 Å². The van der Waals surface area contributed by atoms with Gasteiger partial charge in [-0.05, 0) is 44.2 Å². The van der Waals surface area contributed by atoms with Crippen molar-refractivity contribution in [1.82, 2.24) is 9.62 Å². The first-order valence-electron chi connectivity index (χ1n) is 8.42. The molecule has 0 saturated carbocycles. The SMILES string of the molecule is CNCC(=O)N(C)c1ccc(N2CCCC(N(C)S(C)(=O)=O)C2=O)cc1. The van der Waals surface area contributed by atoms with E-state index in [0.29, 0.717) is 18.7 Å². The van der Waals surface area contributed by atoms with E-state index < -0.39 is 16.1 Å². The Morgan fingerprint density at radius 2 is 1.88 bits per heavy atom. The van der Waals surface area contributed by atoms with Gasteiger partial charge in [0.25, 0.3) is 0 Å². The van der Waals surface area contributed by atoms with Crippen molar-refractivity contribution in [3.63, 3.8) is 0 Å². The van der Waals surface area contributed by atoms with Crippen molar-refractivity contribution in [2.45, 2.75) is 18.9 Å². The Morgan fingerprint density at radius 3 is 2.42 bits per heavy atom. The number of carbonyl (C=O) groups excluding carboxylic acids is 2. The van der Waals surface area contributed by atoms with Crippen LogP contribution in [0.5, 0.6) is 0 Å². The number of benzene rings is 1. The third kappa shape index (κ3) is 4.40. The van der Waals surface area contributed by atoms with Crippen LogP contribution in [0.4, 0.5) is 11.4 Å². The van der Waals surface area contributed by atoms with Crippen LogP contribution in [0.2, 0.25) is 0 Å². The number of rotatable bonds is 6. The van der Waals surface area contributed by atoms with Crippen LogP contribution in [-0.4, -0.2) is 71.1 Å². The highest BCUT2D eigenvalue weighted by Gasteiger charge is 2.35. The van der Waals surface area contributed by atoms with E-state index in [1.54, 1.807) is 48.2 Å². The van der Waals surface area contributed by atoms with Crippen molar-refractivity contribution in [2.24, 2.45) is 0 Å². The average Bonchev–Trinajstić information content (AvgIpc) is 2.60. The molecule has 0 aliphatic carbocycles. The maximum absolute atomic E-state index is 12.8. The highest BCUT2D eigenvalue weighted by Crippen LogP contribution is 2.26. The lowest BCUT2D eigenvalue weighted by atomic mass is 10.0. The standard InChI is InChI=1S/C17H26N4O4S/c1-18-12-16(22)19(2)13-7-9-14(10-8-13)21-11-5-6-15(17(21)23)20(3)26(4,24)25/h7-10,15,18H,5-6,11-12H2,1-4H3. The summed E-state index contributed by atoms with van der Waals surface area (Å²) in [6, 6.07) is 6.43. The van der Waals surface area contributed by atoms with Crippen molar-refractivity contribution < 1.29 is 18.0 Å². The van der Waals surface area contributed by atoms with Gasteiger partial charge >= 0.3 is 0 Å². The van der Waals surface area contributed by atoms with E-state index in [-0.39, 0.29) is 18.4 Å². The van der Waals surface area contributed by atoms with Crippen LogP contribution < -0.4 is 15.1 Å². The molecule has 2 amide bonds. The Morgan fingerprint density at radius 1 is 1.27 bits per heavy atom. The van der Waals surface area contributed by atoms with E-state index in [9.17, 15) is 18.0 Å². The lowest BCUT2D eigenvalue weighted by Gasteiger charge is -2.36. The lowest BCUT2D eigenvalue weighted by Crippen LogP contribution is -2.52. The van der Waals surface area contributed by atoms with Crippen LogP contribution in [0, 0.1) is 0 Å². The molecule has 0 bridgehead atoms. The molecule has 1 saturated heterocycles. The zero-order chi connectivity index (χ0) is 19.5. The van der Waals surface area contributed by atoms with Crippen LogP contribution >= 0.6 is 0 Å². The molecule has 9 heteroatoms. The quantitative estimate of drug-likeness (QED) is 0.762. The predicted molar refractivity (Wildman–Crippen MR) is 102 cm³/mol. The van der Waals surface area contributed by atoms with Gasteiger partial charge in [0.2, 0.25) is 21.8 Å². The second-order valence-corrected chi connectivity index (χ2v) is 8.47. The molecule has 26 heavy (non-hydrogen) atoms. The van der Waals surface area contributed by atoms with Crippen LogP contribution in [0.25, 0.3) is 0 Å². The summed E-state index contributed by atoms with van der Waals surface area (Å²) in [5.41, 5.74) is 1.42. The summed E-state index contributed by atoms with van der Waals surface area (Å²) in [6.07, 6.45) is 2.34. The highest BCUT2D eigenvalue weighted by atomic mass is 32.2. The molecule has 1 aromatic rings. The molecule has 1 N–H and O–H groups in total. The number of sulfonamides is 1. The first kappa shape index (κ1) is 20.3. The van der Waals surface area contributed by atoms with Gasteiger partial charge in [0.15, 0.2) is 0 Å². The predicted octanol–water partition coefficient (Wildman–Crippen LogP) is 0.256. The number of nitrogens with one attached hydrogen (secondary N) is 1. The molecule has 1 atom stereocenters. The second-order valence-electron chi connectivity index (χ2n) is 6.43. The molecule has 2 rings (SSSR count). The van der Waals surface area contributed by atoms with Crippen molar-refractivity contribution in [3.05, 3.63) is 24.3 Å². The summed E-state index contributed by atoms with van der Waals surface area (Å²) >= 11 is 0. The van der Waals surface area contributed by atoms with Gasteiger partial charge in [-0.1, -0.05) is 0 Å². The van der Waals surface area contributed by atoms with Gasteiger partial charge in [-0.25, -0.2) is 8.42 Å². The molecule has 1 aliphatic rings. The Balaban J connectivity index is 2.18. The monoisotopic (exact) mass is 382 g/mol. The molecule has 1 fully saturated rings. The first-order valence-corrected chi connectivity index (χ1v) is 10.3. The molecule has 1 aromatic carbocycles. The summed E-state index contributed by atoms with van der Waals surface area (Å²) < 4.78 is 24.7. The second kappa shape index (κ2) is 8.15. The third-order valence-corrected chi connectivity index (χ3v) is 5.92. The van der Waals surface area contributed by atoms with Crippen LogP contribution in [-0.2, 0) is 19.6 Å². The molecule has 1 unspecified atom stereocenters. The van der Waals surface area contributed by atoms with Crippen molar-refractivity contribution in [2.75, 3.05) is 50.3 Å². The summed E-state index contributed by atoms with van der Waals surface area (Å²) in [5, 5.41) is 2.82. The van der Waals surface area contributed by atoms with E-state index in [1.807, 2.05) is 0 Å². The average molecular weight is 382 g/mol. The number of amides is 2. The fraction of sp³-hybridized carbons (Fsp3) is 0.529. The van der Waals surface area contributed by atoms with Gasteiger partial charge in [0.1, 0.15) is 6.04 Å². The zero-order valence-corrected chi connectivity index (χ0v) is 16.4. The first-order chi connectivity index (χ1) is 12.2. The summed E-state index contributed by atoms with van der Waals surface area (Å²) in [4.78, 5) is 27.9. The van der Waals surface area contributed by atoms with Gasteiger partial charge in [-0.15, -0.1) is 0 Å². The molecule has 1 heterocycles. The Labute approximate surface area is 154 Å². The third-order valence-electron chi connectivity index (χ3n) is 4.62. The normalized spacial score (nSPS) is 18.3. The summed E-state index contributed by atoms with van der Waals surface area (Å²) in [7, 11) is 1.40. The van der Waals surface area contributed by atoms with Gasteiger partial charge < -0.3 is 15.1 Å². The molecule has 1 aliphatic heterocycles. The molecule has 0 radical (unpaired) electrons. The van der Waals surface area contributed by atoms with E-state index >= 15 is 0 Å². The smallest absolute Gasteiger partial charge is 0.245 e. The van der Waals surface area contributed by atoms with Crippen LogP contribution in [0.3, 0.4) is 0 Å². The van der Waals surface area contributed by atoms with Gasteiger partial charge in [-0.2, -0.15) is 4.31 Å². The summed E-state index contributed by atoms with van der Waals surface area (Å²) in [5.74, 6) is -0.291. The number of hydrogen-bond donors (Lipinski definition) is 1. The number of nitrogens with zero attached hydrogens (tertiary/aromatic N) is 3. The van der Waals surface area contributed by atoms with E-state index in [4.69, 9.17) is 0 Å². The molecule has 0 aromatic heterocycles.